The van der Waals surface area contributed by atoms with Gasteiger partial charge in [0.15, 0.2) is 6.20 Å². The van der Waals surface area contributed by atoms with E-state index in [-0.39, 0.29) is 0 Å². The molecule has 11 heavy (non-hydrogen) atoms. The van der Waals surface area contributed by atoms with Crippen LogP contribution in [0.2, 0.25) is 0 Å². The molecule has 0 aromatic carbocycles. The molecule has 0 amide bonds. The molecule has 1 aromatic heterocycles. The molecule has 0 radical (unpaired) electrons. The normalized spacial score (nSPS) is 9.73. The lowest BCUT2D eigenvalue weighted by Gasteiger charge is -2.04. The van der Waals surface area contributed by atoms with Gasteiger partial charge < -0.3 is 10.4 Å². The molecule has 0 saturated carbocycles. The number of hydrogen-bond acceptors (Lipinski definition) is 2. The van der Waals surface area contributed by atoms with Crippen molar-refractivity contribution >= 4 is 5.69 Å². The highest BCUT2D eigenvalue weighted by Gasteiger charge is 2.10. The molecule has 1 aromatic rings. The van der Waals surface area contributed by atoms with Gasteiger partial charge in [0.2, 0.25) is 11.4 Å². The van der Waals surface area contributed by atoms with E-state index in [1.54, 1.807) is 7.05 Å². The minimum absolute atomic E-state index is 0.299. The summed E-state index contributed by atoms with van der Waals surface area (Å²) < 4.78 is 0. The Hall–Kier alpha value is -1.25. The minimum atomic E-state index is 0.299. The standard InChI is InChI=1S/C8H12N2O/c1-5-4-10-6(2)8(11)7(5)9-3/h4,11H,1-3H3,(H,9,10)/p+1. The van der Waals surface area contributed by atoms with Crippen LogP contribution in [0.3, 0.4) is 0 Å². The van der Waals surface area contributed by atoms with Crippen LogP contribution in [-0.2, 0) is 0 Å². The molecule has 0 atom stereocenters. The minimum Gasteiger partial charge on any atom is -0.501 e. The molecule has 0 aliphatic heterocycles. The Morgan fingerprint density at radius 3 is 2.55 bits per heavy atom. The zero-order valence-electron chi connectivity index (χ0n) is 7.02. The van der Waals surface area contributed by atoms with Crippen LogP contribution in [0.1, 0.15) is 11.3 Å². The number of nitrogens with one attached hydrogen (secondary N) is 2. The molecule has 60 valence electrons. The van der Waals surface area contributed by atoms with Gasteiger partial charge in [-0.25, -0.2) is 4.98 Å². The molecule has 0 bridgehead atoms. The van der Waals surface area contributed by atoms with Crippen molar-refractivity contribution in [1.29, 1.82) is 0 Å². The van der Waals surface area contributed by atoms with Gasteiger partial charge >= 0.3 is 0 Å². The van der Waals surface area contributed by atoms with E-state index < -0.39 is 0 Å². The molecule has 0 fully saturated rings. The van der Waals surface area contributed by atoms with Gasteiger partial charge in [-0.05, 0) is 6.92 Å². The lowest BCUT2D eigenvalue weighted by Crippen LogP contribution is -2.09. The lowest BCUT2D eigenvalue weighted by atomic mass is 10.2. The first-order chi connectivity index (χ1) is 5.16. The maximum Gasteiger partial charge on any atom is 0.220 e. The highest BCUT2D eigenvalue weighted by atomic mass is 16.3. The fraction of sp³-hybridized carbons (Fsp3) is 0.375. The van der Waals surface area contributed by atoms with Crippen LogP contribution < -0.4 is 10.3 Å². The zero-order valence-corrected chi connectivity index (χ0v) is 7.02. The largest absolute Gasteiger partial charge is 0.501 e. The van der Waals surface area contributed by atoms with E-state index in [0.717, 1.165) is 16.9 Å². The molecule has 0 unspecified atom stereocenters. The topological polar surface area (TPSA) is 46.4 Å². The number of aromatic hydroxyl groups is 1. The predicted octanol–water partition coefficient (Wildman–Crippen LogP) is 0.865. The van der Waals surface area contributed by atoms with Gasteiger partial charge in [0.25, 0.3) is 0 Å². The smallest absolute Gasteiger partial charge is 0.220 e. The van der Waals surface area contributed by atoms with E-state index in [4.69, 9.17) is 0 Å². The number of pyridine rings is 1. The highest BCUT2D eigenvalue weighted by molar-refractivity contribution is 5.59. The third kappa shape index (κ3) is 1.27. The summed E-state index contributed by atoms with van der Waals surface area (Å²) in [4.78, 5) is 2.95. The number of hydrogen-bond donors (Lipinski definition) is 2. The Morgan fingerprint density at radius 2 is 2.09 bits per heavy atom. The maximum absolute atomic E-state index is 9.48. The summed E-state index contributed by atoms with van der Waals surface area (Å²) in [5, 5.41) is 12.4. The van der Waals surface area contributed by atoms with Crippen molar-refractivity contribution in [2.75, 3.05) is 12.4 Å². The van der Waals surface area contributed by atoms with Crippen LogP contribution in [-0.4, -0.2) is 12.2 Å². The number of anilines is 1. The Kier molecular flexibility index (Phi) is 1.98. The van der Waals surface area contributed by atoms with Gasteiger partial charge in [0.05, 0.1) is 5.69 Å². The van der Waals surface area contributed by atoms with Gasteiger partial charge in [-0.2, -0.15) is 0 Å². The maximum atomic E-state index is 9.48. The van der Waals surface area contributed by atoms with Crippen LogP contribution in [0, 0.1) is 13.8 Å². The number of rotatable bonds is 1. The first-order valence-corrected chi connectivity index (χ1v) is 3.55. The summed E-state index contributed by atoms with van der Waals surface area (Å²) in [5.41, 5.74) is 2.58. The van der Waals surface area contributed by atoms with E-state index >= 15 is 0 Å². The molecule has 0 spiro atoms. The fourth-order valence-electron chi connectivity index (χ4n) is 1.05. The summed E-state index contributed by atoms with van der Waals surface area (Å²) in [7, 11) is 1.79. The van der Waals surface area contributed by atoms with Crippen LogP contribution in [0.25, 0.3) is 0 Å². The number of aromatic amines is 1. The molecule has 1 heterocycles. The summed E-state index contributed by atoms with van der Waals surface area (Å²) in [6, 6.07) is 0. The average molecular weight is 153 g/mol. The summed E-state index contributed by atoms with van der Waals surface area (Å²) in [5.74, 6) is 0.299. The molecular formula is C8H13N2O+. The Balaban J connectivity index is 3.29. The lowest BCUT2D eigenvalue weighted by molar-refractivity contribution is -0.389. The van der Waals surface area contributed by atoms with Crippen LogP contribution in [0.15, 0.2) is 6.20 Å². The molecule has 0 aliphatic carbocycles. The first kappa shape index (κ1) is 7.85. The van der Waals surface area contributed by atoms with Crippen molar-refractivity contribution in [3.63, 3.8) is 0 Å². The van der Waals surface area contributed by atoms with Gasteiger partial charge in [-0.3, -0.25) is 0 Å². The second-order valence-electron chi connectivity index (χ2n) is 2.57. The van der Waals surface area contributed by atoms with Crippen molar-refractivity contribution in [3.8, 4) is 5.75 Å². The van der Waals surface area contributed by atoms with E-state index in [0.29, 0.717) is 5.75 Å². The molecular weight excluding hydrogens is 140 g/mol. The second-order valence-corrected chi connectivity index (χ2v) is 2.57. The van der Waals surface area contributed by atoms with E-state index in [2.05, 4.69) is 10.3 Å². The molecule has 1 rings (SSSR count). The molecule has 3 N–H and O–H groups in total. The van der Waals surface area contributed by atoms with Crippen molar-refractivity contribution in [2.45, 2.75) is 13.8 Å². The van der Waals surface area contributed by atoms with E-state index in [1.165, 1.54) is 0 Å². The monoisotopic (exact) mass is 153 g/mol. The van der Waals surface area contributed by atoms with Gasteiger partial charge in [-0.15, -0.1) is 0 Å². The second kappa shape index (κ2) is 2.78. The Bertz CT molecular complexity index is 271. The summed E-state index contributed by atoms with van der Waals surface area (Å²) in [6.45, 7) is 3.76. The first-order valence-electron chi connectivity index (χ1n) is 3.55. The van der Waals surface area contributed by atoms with Crippen molar-refractivity contribution in [2.24, 2.45) is 0 Å². The number of aromatic nitrogens is 1. The molecule has 0 saturated heterocycles. The van der Waals surface area contributed by atoms with Gasteiger partial charge in [0.1, 0.15) is 0 Å². The van der Waals surface area contributed by atoms with E-state index in [1.807, 2.05) is 20.0 Å². The quantitative estimate of drug-likeness (QED) is 0.628. The third-order valence-corrected chi connectivity index (χ3v) is 1.74. The van der Waals surface area contributed by atoms with Gasteiger partial charge in [-0.1, -0.05) is 0 Å². The van der Waals surface area contributed by atoms with Crippen molar-refractivity contribution in [3.05, 3.63) is 17.5 Å². The van der Waals surface area contributed by atoms with Crippen LogP contribution in [0.4, 0.5) is 5.69 Å². The average Bonchev–Trinajstić information content (AvgIpc) is 1.99. The van der Waals surface area contributed by atoms with Gasteiger partial charge in [0, 0.05) is 19.5 Å². The summed E-state index contributed by atoms with van der Waals surface area (Å²) in [6.07, 6.45) is 1.86. The van der Waals surface area contributed by atoms with Crippen LogP contribution >= 0.6 is 0 Å². The summed E-state index contributed by atoms with van der Waals surface area (Å²) >= 11 is 0. The van der Waals surface area contributed by atoms with Crippen LogP contribution in [0.5, 0.6) is 5.75 Å². The SMILES string of the molecule is CNc1c(C)c[nH+]c(C)c1O. The van der Waals surface area contributed by atoms with E-state index in [9.17, 15) is 5.11 Å². The molecule has 0 aliphatic rings. The fourth-order valence-corrected chi connectivity index (χ4v) is 1.05. The molecule has 3 nitrogen and oxygen atoms in total. The Labute approximate surface area is 66.1 Å². The zero-order chi connectivity index (χ0) is 8.43. The Morgan fingerprint density at radius 1 is 1.45 bits per heavy atom. The number of H-pyrrole nitrogens is 1. The number of aryl methyl sites for hydroxylation is 2. The molecule has 3 heteroatoms. The van der Waals surface area contributed by atoms with Crippen molar-refractivity contribution < 1.29 is 10.1 Å². The highest BCUT2D eigenvalue weighted by Crippen LogP contribution is 2.25. The third-order valence-electron chi connectivity index (χ3n) is 1.74. The van der Waals surface area contributed by atoms with Crippen molar-refractivity contribution in [1.82, 2.24) is 0 Å². The predicted molar refractivity (Wildman–Crippen MR) is 43.7 cm³/mol.